The summed E-state index contributed by atoms with van der Waals surface area (Å²) in [7, 11) is 0. The van der Waals surface area contributed by atoms with Gasteiger partial charge in [0, 0.05) is 36.9 Å². The van der Waals surface area contributed by atoms with E-state index in [9.17, 15) is 4.79 Å². The lowest BCUT2D eigenvalue weighted by Crippen LogP contribution is -2.51. The van der Waals surface area contributed by atoms with E-state index >= 15 is 0 Å². The van der Waals surface area contributed by atoms with Crippen LogP contribution in [0.15, 0.2) is 54.6 Å². The van der Waals surface area contributed by atoms with Crippen LogP contribution < -0.4 is 10.6 Å². The van der Waals surface area contributed by atoms with E-state index in [0.717, 1.165) is 29.4 Å². The minimum atomic E-state index is -0.589. The van der Waals surface area contributed by atoms with Gasteiger partial charge < -0.3 is 15.5 Å². The van der Waals surface area contributed by atoms with Crippen molar-refractivity contribution in [2.45, 2.75) is 6.04 Å². The molecule has 0 aromatic heterocycles. The van der Waals surface area contributed by atoms with Gasteiger partial charge in [0.25, 0.3) is 0 Å². The van der Waals surface area contributed by atoms with E-state index in [1.54, 1.807) is 0 Å². The van der Waals surface area contributed by atoms with Gasteiger partial charge in [-0.1, -0.05) is 48.0 Å². The maximum atomic E-state index is 12.6. The summed E-state index contributed by atoms with van der Waals surface area (Å²) in [4.78, 5) is 16.6. The van der Waals surface area contributed by atoms with Crippen molar-refractivity contribution in [1.29, 1.82) is 0 Å². The Morgan fingerprint density at radius 1 is 1.00 bits per heavy atom. The Kier molecular flexibility index (Phi) is 4.84. The molecule has 2 N–H and O–H groups in total. The highest BCUT2D eigenvalue weighted by Crippen LogP contribution is 2.21. The highest BCUT2D eigenvalue weighted by Gasteiger charge is 2.26. The Morgan fingerprint density at radius 2 is 1.70 bits per heavy atom. The molecule has 1 aliphatic heterocycles. The predicted molar refractivity (Wildman–Crippen MR) is 93.6 cm³/mol. The highest BCUT2D eigenvalue weighted by molar-refractivity contribution is 6.30. The van der Waals surface area contributed by atoms with Crippen molar-refractivity contribution in [3.63, 3.8) is 0 Å². The first-order valence-electron chi connectivity index (χ1n) is 7.75. The van der Waals surface area contributed by atoms with Crippen LogP contribution in [0, 0.1) is 0 Å². The lowest BCUT2D eigenvalue weighted by atomic mass is 10.1. The Morgan fingerprint density at radius 3 is 2.35 bits per heavy atom. The van der Waals surface area contributed by atoms with Crippen molar-refractivity contribution < 1.29 is 4.79 Å². The summed E-state index contributed by atoms with van der Waals surface area (Å²) in [6.45, 7) is 2.92. The second-order valence-electron chi connectivity index (χ2n) is 5.68. The molecule has 2 aromatic rings. The number of hydrogen-bond acceptors (Lipinski definition) is 3. The number of piperazine rings is 1. The number of nitrogens with zero attached hydrogens (tertiary/aromatic N) is 2. The van der Waals surface area contributed by atoms with Crippen molar-refractivity contribution in [3.05, 3.63) is 65.2 Å². The van der Waals surface area contributed by atoms with Gasteiger partial charge in [0.1, 0.15) is 6.04 Å². The first-order chi connectivity index (χ1) is 11.1. The maximum Gasteiger partial charge on any atom is 0.244 e. The third-order valence-electron chi connectivity index (χ3n) is 4.19. The third kappa shape index (κ3) is 3.66. The van der Waals surface area contributed by atoms with E-state index in [4.69, 9.17) is 17.3 Å². The molecule has 0 spiro atoms. The molecule has 1 saturated heterocycles. The van der Waals surface area contributed by atoms with Crippen LogP contribution in [0.2, 0.25) is 5.02 Å². The molecule has 23 heavy (non-hydrogen) atoms. The van der Waals surface area contributed by atoms with Crippen LogP contribution in [-0.4, -0.2) is 37.0 Å². The van der Waals surface area contributed by atoms with Gasteiger partial charge in [0.05, 0.1) is 0 Å². The molecule has 0 aliphatic carbocycles. The Hall–Kier alpha value is -2.04. The fraction of sp³-hybridized carbons (Fsp3) is 0.278. The number of amides is 1. The monoisotopic (exact) mass is 329 g/mol. The van der Waals surface area contributed by atoms with Crippen molar-refractivity contribution >= 4 is 23.2 Å². The smallest absolute Gasteiger partial charge is 0.244 e. The predicted octanol–water partition coefficient (Wildman–Crippen LogP) is 2.69. The number of anilines is 1. The third-order valence-corrected chi connectivity index (χ3v) is 4.42. The maximum absolute atomic E-state index is 12.6. The lowest BCUT2D eigenvalue weighted by molar-refractivity contribution is -0.133. The van der Waals surface area contributed by atoms with Gasteiger partial charge in [-0.25, -0.2) is 0 Å². The summed E-state index contributed by atoms with van der Waals surface area (Å²) in [5, 5.41) is 0.729. The molecule has 1 atom stereocenters. The first-order valence-corrected chi connectivity index (χ1v) is 8.13. The van der Waals surface area contributed by atoms with Crippen molar-refractivity contribution in [3.8, 4) is 0 Å². The van der Waals surface area contributed by atoms with Gasteiger partial charge in [0.2, 0.25) is 5.91 Å². The molecule has 1 unspecified atom stereocenters. The van der Waals surface area contributed by atoms with Crippen molar-refractivity contribution in [2.75, 3.05) is 31.1 Å². The van der Waals surface area contributed by atoms with Crippen LogP contribution in [0.5, 0.6) is 0 Å². The summed E-state index contributed by atoms with van der Waals surface area (Å²) < 4.78 is 0. The number of rotatable bonds is 3. The van der Waals surface area contributed by atoms with E-state index in [1.165, 1.54) is 0 Å². The minimum Gasteiger partial charge on any atom is -0.368 e. The zero-order valence-electron chi connectivity index (χ0n) is 12.9. The number of halogens is 1. The van der Waals surface area contributed by atoms with Gasteiger partial charge in [-0.3, -0.25) is 4.79 Å². The zero-order valence-corrected chi connectivity index (χ0v) is 13.6. The summed E-state index contributed by atoms with van der Waals surface area (Å²) in [5.74, 6) is -0.0121. The topological polar surface area (TPSA) is 49.6 Å². The minimum absolute atomic E-state index is 0.0121. The van der Waals surface area contributed by atoms with E-state index in [0.29, 0.717) is 13.1 Å². The van der Waals surface area contributed by atoms with Gasteiger partial charge in [0.15, 0.2) is 0 Å². The van der Waals surface area contributed by atoms with Gasteiger partial charge in [-0.05, 0) is 23.8 Å². The van der Waals surface area contributed by atoms with E-state index in [1.807, 2.05) is 59.5 Å². The van der Waals surface area contributed by atoms with E-state index < -0.39 is 6.04 Å². The standard InChI is InChI=1S/C18H20ClN3O/c19-15-7-4-8-16(13-15)21-9-11-22(12-10-21)18(23)17(20)14-5-2-1-3-6-14/h1-8,13,17H,9-12,20H2. The molecule has 0 saturated carbocycles. The number of carbonyl (C=O) groups is 1. The van der Waals surface area contributed by atoms with Crippen LogP contribution in [0.4, 0.5) is 5.69 Å². The Labute approximate surface area is 141 Å². The lowest BCUT2D eigenvalue weighted by Gasteiger charge is -2.37. The molecule has 5 heteroatoms. The average molecular weight is 330 g/mol. The Balaban J connectivity index is 1.61. The number of hydrogen-bond donors (Lipinski definition) is 1. The van der Waals surface area contributed by atoms with Crippen LogP contribution in [0.25, 0.3) is 0 Å². The van der Waals surface area contributed by atoms with Gasteiger partial charge >= 0.3 is 0 Å². The fourth-order valence-corrected chi connectivity index (χ4v) is 3.04. The second-order valence-corrected chi connectivity index (χ2v) is 6.12. The van der Waals surface area contributed by atoms with Crippen LogP contribution in [0.3, 0.4) is 0 Å². The largest absolute Gasteiger partial charge is 0.368 e. The Bertz CT molecular complexity index is 669. The molecular weight excluding hydrogens is 310 g/mol. The molecule has 3 rings (SSSR count). The summed E-state index contributed by atoms with van der Waals surface area (Å²) in [6.07, 6.45) is 0. The SMILES string of the molecule is NC(C(=O)N1CCN(c2cccc(Cl)c2)CC1)c1ccccc1. The molecule has 1 aliphatic rings. The number of nitrogens with two attached hydrogens (primary N) is 1. The zero-order chi connectivity index (χ0) is 16.2. The quantitative estimate of drug-likeness (QED) is 0.942. The molecule has 4 nitrogen and oxygen atoms in total. The fourth-order valence-electron chi connectivity index (χ4n) is 2.86. The number of carbonyl (C=O) groups excluding carboxylic acids is 1. The van der Waals surface area contributed by atoms with E-state index in [-0.39, 0.29) is 5.91 Å². The first kappa shape index (κ1) is 15.8. The average Bonchev–Trinajstić information content (AvgIpc) is 2.61. The second kappa shape index (κ2) is 7.02. The molecule has 2 aromatic carbocycles. The van der Waals surface area contributed by atoms with Gasteiger partial charge in [-0.15, -0.1) is 0 Å². The van der Waals surface area contributed by atoms with Crippen LogP contribution in [0.1, 0.15) is 11.6 Å². The highest BCUT2D eigenvalue weighted by atomic mass is 35.5. The van der Waals surface area contributed by atoms with Crippen molar-refractivity contribution in [2.24, 2.45) is 5.73 Å². The summed E-state index contributed by atoms with van der Waals surface area (Å²) in [6, 6.07) is 16.7. The van der Waals surface area contributed by atoms with Gasteiger partial charge in [-0.2, -0.15) is 0 Å². The molecular formula is C18H20ClN3O. The molecule has 1 amide bonds. The molecule has 0 bridgehead atoms. The molecule has 120 valence electrons. The van der Waals surface area contributed by atoms with E-state index in [2.05, 4.69) is 4.90 Å². The van der Waals surface area contributed by atoms with Crippen molar-refractivity contribution in [1.82, 2.24) is 4.90 Å². The van der Waals surface area contributed by atoms with Crippen LogP contribution >= 0.6 is 11.6 Å². The number of benzene rings is 2. The molecule has 1 fully saturated rings. The molecule has 1 heterocycles. The van der Waals surface area contributed by atoms with Crippen LogP contribution in [-0.2, 0) is 4.79 Å². The molecule has 0 radical (unpaired) electrons. The summed E-state index contributed by atoms with van der Waals surface area (Å²) in [5.41, 5.74) is 8.06. The normalized spacial score (nSPS) is 16.3. The summed E-state index contributed by atoms with van der Waals surface area (Å²) >= 11 is 6.04.